The van der Waals surface area contributed by atoms with E-state index in [0.29, 0.717) is 17.9 Å². The first-order valence-corrected chi connectivity index (χ1v) is 5.35. The van der Waals surface area contributed by atoms with Crippen molar-refractivity contribution in [2.45, 2.75) is 5.92 Å². The summed E-state index contributed by atoms with van der Waals surface area (Å²) >= 11 is 0. The summed E-state index contributed by atoms with van der Waals surface area (Å²) in [6.45, 7) is 0.562. The Morgan fingerprint density at radius 1 is 1.41 bits per heavy atom. The van der Waals surface area contributed by atoms with Gasteiger partial charge >= 0.3 is 0 Å². The van der Waals surface area contributed by atoms with E-state index in [2.05, 4.69) is 20.7 Å². The number of hydrogen-bond donors (Lipinski definition) is 1. The molecule has 1 unspecified atom stereocenters. The highest BCUT2D eigenvalue weighted by atomic mass is 19.1. The third-order valence-corrected chi connectivity index (χ3v) is 2.52. The Morgan fingerprint density at radius 3 is 2.76 bits per heavy atom. The van der Waals surface area contributed by atoms with Crippen molar-refractivity contribution in [1.29, 1.82) is 0 Å². The predicted octanol–water partition coefficient (Wildman–Crippen LogP) is 0.700. The van der Waals surface area contributed by atoms with E-state index < -0.39 is 0 Å². The van der Waals surface area contributed by atoms with Crippen LogP contribution in [0.25, 0.3) is 0 Å². The molecule has 0 bridgehead atoms. The largest absolute Gasteiger partial charge is 0.319 e. The summed E-state index contributed by atoms with van der Waals surface area (Å²) in [4.78, 5) is 1.37. The Morgan fingerprint density at radius 2 is 2.18 bits per heavy atom. The molecule has 0 saturated heterocycles. The molecule has 0 fully saturated rings. The number of halogens is 1. The molecule has 0 radical (unpaired) electrons. The quantitative estimate of drug-likeness (QED) is 0.847. The first-order chi connectivity index (χ1) is 8.22. The highest BCUT2D eigenvalue weighted by molar-refractivity contribution is 5.27. The van der Waals surface area contributed by atoms with E-state index in [-0.39, 0.29) is 11.7 Å². The maximum atomic E-state index is 13.7. The van der Waals surface area contributed by atoms with Gasteiger partial charge in [-0.2, -0.15) is 4.80 Å². The molecule has 0 spiro atoms. The van der Waals surface area contributed by atoms with Crippen LogP contribution in [-0.4, -0.2) is 33.8 Å². The van der Waals surface area contributed by atoms with Crippen LogP contribution in [0.5, 0.6) is 0 Å². The van der Waals surface area contributed by atoms with E-state index >= 15 is 0 Å². The number of nitrogens with zero attached hydrogens (tertiary/aromatic N) is 4. The van der Waals surface area contributed by atoms with Gasteiger partial charge in [0.25, 0.3) is 0 Å². The molecule has 0 aliphatic rings. The summed E-state index contributed by atoms with van der Waals surface area (Å²) in [5.74, 6) is 0.0436. The van der Waals surface area contributed by atoms with E-state index in [1.807, 2.05) is 7.05 Å². The standard InChI is InChI=1S/C11H14FN5/c1-13-7-9(11-14-16-17(2)15-11)8-5-3-4-6-10(8)12/h3-6,9,13H,7H2,1-2H3. The van der Waals surface area contributed by atoms with Gasteiger partial charge in [-0.3, -0.25) is 0 Å². The van der Waals surface area contributed by atoms with E-state index in [1.165, 1.54) is 10.9 Å². The Balaban J connectivity index is 2.39. The lowest BCUT2D eigenvalue weighted by Crippen LogP contribution is -2.20. The zero-order valence-corrected chi connectivity index (χ0v) is 9.76. The molecule has 1 N–H and O–H groups in total. The van der Waals surface area contributed by atoms with Crippen LogP contribution in [0.2, 0.25) is 0 Å². The molecule has 1 heterocycles. The number of likely N-dealkylation sites (N-methyl/N-ethyl adjacent to an activating group) is 1. The van der Waals surface area contributed by atoms with Crippen LogP contribution in [0.4, 0.5) is 4.39 Å². The zero-order valence-electron chi connectivity index (χ0n) is 9.76. The van der Waals surface area contributed by atoms with Gasteiger partial charge in [0.1, 0.15) is 5.82 Å². The van der Waals surface area contributed by atoms with Crippen molar-refractivity contribution in [3.8, 4) is 0 Å². The Labute approximate surface area is 98.6 Å². The van der Waals surface area contributed by atoms with Crippen molar-refractivity contribution in [2.24, 2.45) is 7.05 Å². The van der Waals surface area contributed by atoms with Gasteiger partial charge < -0.3 is 5.32 Å². The number of rotatable bonds is 4. The Bertz CT molecular complexity index is 496. The topological polar surface area (TPSA) is 55.6 Å². The van der Waals surface area contributed by atoms with Crippen LogP contribution in [-0.2, 0) is 7.05 Å². The minimum Gasteiger partial charge on any atom is -0.319 e. The van der Waals surface area contributed by atoms with E-state index in [1.54, 1.807) is 25.2 Å². The average Bonchev–Trinajstić information content (AvgIpc) is 2.74. The summed E-state index contributed by atoms with van der Waals surface area (Å²) < 4.78 is 13.7. The van der Waals surface area contributed by atoms with E-state index in [9.17, 15) is 4.39 Å². The lowest BCUT2D eigenvalue weighted by atomic mass is 9.98. The van der Waals surface area contributed by atoms with Gasteiger partial charge in [-0.1, -0.05) is 18.2 Å². The number of nitrogens with one attached hydrogen (secondary N) is 1. The van der Waals surface area contributed by atoms with Crippen molar-refractivity contribution < 1.29 is 4.39 Å². The van der Waals surface area contributed by atoms with Crippen LogP contribution < -0.4 is 5.32 Å². The smallest absolute Gasteiger partial charge is 0.183 e. The SMILES string of the molecule is CNCC(c1nnn(C)n1)c1ccccc1F. The third-order valence-electron chi connectivity index (χ3n) is 2.52. The van der Waals surface area contributed by atoms with E-state index in [4.69, 9.17) is 0 Å². The van der Waals surface area contributed by atoms with Gasteiger partial charge in [0.2, 0.25) is 0 Å². The molecule has 6 heteroatoms. The molecule has 0 aliphatic carbocycles. The van der Waals surface area contributed by atoms with Crippen LogP contribution in [0.3, 0.4) is 0 Å². The van der Waals surface area contributed by atoms with E-state index in [0.717, 1.165) is 0 Å². The van der Waals surface area contributed by atoms with Gasteiger partial charge in [-0.25, -0.2) is 4.39 Å². The summed E-state index contributed by atoms with van der Waals surface area (Å²) in [7, 11) is 3.50. The van der Waals surface area contributed by atoms with Crippen molar-refractivity contribution in [1.82, 2.24) is 25.5 Å². The van der Waals surface area contributed by atoms with Gasteiger partial charge in [-0.15, -0.1) is 10.2 Å². The second-order valence-corrected chi connectivity index (χ2v) is 3.77. The first kappa shape index (κ1) is 11.7. The minimum atomic E-state index is -0.250. The van der Waals surface area contributed by atoms with Gasteiger partial charge in [0, 0.05) is 6.54 Å². The zero-order chi connectivity index (χ0) is 12.3. The van der Waals surface area contributed by atoms with Crippen molar-refractivity contribution in [3.05, 3.63) is 41.5 Å². The lowest BCUT2D eigenvalue weighted by molar-refractivity contribution is 0.574. The molecular weight excluding hydrogens is 221 g/mol. The van der Waals surface area contributed by atoms with Crippen molar-refractivity contribution in [2.75, 3.05) is 13.6 Å². The Kier molecular flexibility index (Phi) is 3.43. The van der Waals surface area contributed by atoms with Crippen molar-refractivity contribution >= 4 is 0 Å². The number of tetrazole rings is 1. The monoisotopic (exact) mass is 235 g/mol. The van der Waals surface area contributed by atoms with Crippen molar-refractivity contribution in [3.63, 3.8) is 0 Å². The molecule has 17 heavy (non-hydrogen) atoms. The third kappa shape index (κ3) is 2.47. The molecule has 2 rings (SSSR count). The van der Waals surface area contributed by atoms with Gasteiger partial charge in [-0.05, 0) is 23.9 Å². The molecule has 0 saturated carbocycles. The molecule has 2 aromatic rings. The second kappa shape index (κ2) is 5.01. The molecule has 1 aromatic carbocycles. The lowest BCUT2D eigenvalue weighted by Gasteiger charge is -2.13. The molecule has 0 aliphatic heterocycles. The summed E-state index contributed by atoms with van der Waals surface area (Å²) in [6, 6.07) is 6.65. The average molecular weight is 235 g/mol. The Hall–Kier alpha value is -1.82. The summed E-state index contributed by atoms with van der Waals surface area (Å²) in [6.07, 6.45) is 0. The van der Waals surface area contributed by atoms with Crippen LogP contribution in [0, 0.1) is 5.82 Å². The molecule has 5 nitrogen and oxygen atoms in total. The number of benzene rings is 1. The summed E-state index contributed by atoms with van der Waals surface area (Å²) in [5.41, 5.74) is 0.579. The number of hydrogen-bond acceptors (Lipinski definition) is 4. The summed E-state index contributed by atoms with van der Waals surface area (Å²) in [5, 5.41) is 14.9. The maximum Gasteiger partial charge on any atom is 0.183 e. The minimum absolute atomic E-state index is 0.227. The van der Waals surface area contributed by atoms with Crippen LogP contribution in [0.1, 0.15) is 17.3 Å². The molecule has 0 amide bonds. The highest BCUT2D eigenvalue weighted by Gasteiger charge is 2.21. The second-order valence-electron chi connectivity index (χ2n) is 3.77. The fourth-order valence-corrected chi connectivity index (χ4v) is 1.74. The normalized spacial score (nSPS) is 12.6. The molecule has 90 valence electrons. The fourth-order valence-electron chi connectivity index (χ4n) is 1.74. The van der Waals surface area contributed by atoms with Gasteiger partial charge in [0.15, 0.2) is 5.82 Å². The molecule has 1 aromatic heterocycles. The van der Waals surface area contributed by atoms with Gasteiger partial charge in [0.05, 0.1) is 13.0 Å². The molecule has 1 atom stereocenters. The molecular formula is C11H14FN5. The number of aryl methyl sites for hydroxylation is 1. The number of aromatic nitrogens is 4. The predicted molar refractivity (Wildman–Crippen MR) is 61.0 cm³/mol. The first-order valence-electron chi connectivity index (χ1n) is 5.35. The maximum absolute atomic E-state index is 13.7. The fraction of sp³-hybridized carbons (Fsp3) is 0.364. The van der Waals surface area contributed by atoms with Crippen LogP contribution in [0.15, 0.2) is 24.3 Å². The van der Waals surface area contributed by atoms with Crippen LogP contribution >= 0.6 is 0 Å². The highest BCUT2D eigenvalue weighted by Crippen LogP contribution is 2.22.